The van der Waals surface area contributed by atoms with Gasteiger partial charge < -0.3 is 9.88 Å². The summed E-state index contributed by atoms with van der Waals surface area (Å²) < 4.78 is 3.64. The number of carbonyl (C=O) groups is 1. The van der Waals surface area contributed by atoms with Crippen LogP contribution >= 0.6 is 0 Å². The molecule has 8 nitrogen and oxygen atoms in total. The maximum Gasteiger partial charge on any atom is 0.266 e. The van der Waals surface area contributed by atoms with Gasteiger partial charge in [-0.3, -0.25) is 14.7 Å². The van der Waals surface area contributed by atoms with Crippen LogP contribution in [0.15, 0.2) is 65.5 Å². The van der Waals surface area contributed by atoms with E-state index < -0.39 is 6.04 Å². The predicted octanol–water partition coefficient (Wildman–Crippen LogP) is 2.97. The Hall–Kier alpha value is -4.20. The molecule has 1 unspecified atom stereocenters. The highest BCUT2D eigenvalue weighted by atomic mass is 16.1. The molecule has 3 heterocycles. The molecule has 1 atom stereocenters. The fraction of sp³-hybridized carbons (Fsp3) is 0.200. The molecule has 1 amide bonds. The number of nitrogens with zero attached hydrogens (tertiary/aromatic N) is 4. The highest BCUT2D eigenvalue weighted by molar-refractivity contribution is 5.81. The number of rotatable bonds is 5. The molecule has 33 heavy (non-hydrogen) atoms. The van der Waals surface area contributed by atoms with Gasteiger partial charge >= 0.3 is 0 Å². The van der Waals surface area contributed by atoms with Crippen LogP contribution in [0.25, 0.3) is 16.7 Å². The normalized spacial score (nSPS) is 12.3. The second-order valence-corrected chi connectivity index (χ2v) is 8.18. The summed E-state index contributed by atoms with van der Waals surface area (Å²) in [7, 11) is 1.96. The zero-order valence-electron chi connectivity index (χ0n) is 18.7. The third-order valence-electron chi connectivity index (χ3n) is 6.06. The summed E-state index contributed by atoms with van der Waals surface area (Å²) in [4.78, 5) is 34.3. The van der Waals surface area contributed by atoms with E-state index in [1.165, 1.54) is 6.07 Å². The summed E-state index contributed by atoms with van der Waals surface area (Å²) >= 11 is 0. The van der Waals surface area contributed by atoms with Gasteiger partial charge in [-0.05, 0) is 31.5 Å². The lowest BCUT2D eigenvalue weighted by molar-refractivity contribution is -0.121. The SMILES string of the molecule is Cc1nc2cc(=O)[nH]n2c(C)c1CC(=O)NC(c1ccccc1)c1nc2ccccc2n1C. The van der Waals surface area contributed by atoms with Crippen LogP contribution in [0.1, 0.15) is 34.4 Å². The molecule has 0 fully saturated rings. The maximum absolute atomic E-state index is 13.3. The summed E-state index contributed by atoms with van der Waals surface area (Å²) in [5.74, 6) is 0.602. The first-order chi connectivity index (χ1) is 15.9. The van der Waals surface area contributed by atoms with Crippen LogP contribution in [-0.4, -0.2) is 30.1 Å². The Bertz CT molecular complexity index is 1540. The first kappa shape index (κ1) is 20.7. The summed E-state index contributed by atoms with van der Waals surface area (Å²) in [5.41, 5.74) is 5.43. The van der Waals surface area contributed by atoms with Crippen LogP contribution in [0.2, 0.25) is 0 Å². The number of nitrogens with one attached hydrogen (secondary N) is 2. The van der Waals surface area contributed by atoms with Gasteiger partial charge in [0.1, 0.15) is 11.9 Å². The van der Waals surface area contributed by atoms with Crippen LogP contribution in [0.3, 0.4) is 0 Å². The van der Waals surface area contributed by atoms with Crippen molar-refractivity contribution in [2.24, 2.45) is 7.05 Å². The maximum atomic E-state index is 13.3. The van der Waals surface area contributed by atoms with Crippen LogP contribution in [-0.2, 0) is 18.3 Å². The molecule has 0 aliphatic rings. The minimum atomic E-state index is -0.417. The third-order valence-corrected chi connectivity index (χ3v) is 6.06. The number of fused-ring (bicyclic) bond motifs is 2. The Morgan fingerprint density at radius 3 is 2.55 bits per heavy atom. The quantitative estimate of drug-likeness (QED) is 0.439. The molecule has 0 aliphatic heterocycles. The molecular formula is C25H24N6O2. The van der Waals surface area contributed by atoms with Crippen molar-refractivity contribution in [1.29, 1.82) is 0 Å². The number of hydrogen-bond acceptors (Lipinski definition) is 4. The average Bonchev–Trinajstić information content (AvgIpc) is 3.35. The number of aryl methyl sites for hydroxylation is 3. The van der Waals surface area contributed by atoms with E-state index >= 15 is 0 Å². The smallest absolute Gasteiger partial charge is 0.266 e. The number of carbonyl (C=O) groups excluding carboxylic acids is 1. The molecule has 2 N–H and O–H groups in total. The second kappa shape index (κ2) is 8.05. The monoisotopic (exact) mass is 440 g/mol. The molecule has 2 aromatic carbocycles. The van der Waals surface area contributed by atoms with Gasteiger partial charge in [-0.15, -0.1) is 0 Å². The van der Waals surface area contributed by atoms with Gasteiger partial charge in [0.25, 0.3) is 5.56 Å². The molecule has 0 saturated heterocycles. The standard InChI is InChI=1S/C25H24N6O2/c1-15-18(16(2)31-21(26-15)14-23(33)29-31)13-22(32)28-24(17-9-5-4-6-10-17)25-27-19-11-7-8-12-20(19)30(25)3/h4-12,14,24H,13H2,1-3H3,(H,28,32)(H,29,33). The zero-order chi connectivity index (χ0) is 23.1. The Labute approximate surface area is 189 Å². The molecule has 0 aliphatic carbocycles. The molecular weight excluding hydrogens is 416 g/mol. The molecule has 5 rings (SSSR count). The zero-order valence-corrected chi connectivity index (χ0v) is 18.7. The van der Waals surface area contributed by atoms with Gasteiger partial charge in [-0.2, -0.15) is 0 Å². The number of imidazole rings is 1. The summed E-state index contributed by atoms with van der Waals surface area (Å²) in [6, 6.07) is 18.8. The summed E-state index contributed by atoms with van der Waals surface area (Å²) in [6.45, 7) is 3.73. The van der Waals surface area contributed by atoms with E-state index in [0.29, 0.717) is 5.65 Å². The average molecular weight is 441 g/mol. The van der Waals surface area contributed by atoms with Gasteiger partial charge in [-0.1, -0.05) is 42.5 Å². The van der Waals surface area contributed by atoms with Gasteiger partial charge in [0.2, 0.25) is 5.91 Å². The number of hydrogen-bond donors (Lipinski definition) is 2. The molecule has 0 bridgehead atoms. The first-order valence-corrected chi connectivity index (χ1v) is 10.8. The largest absolute Gasteiger partial charge is 0.342 e. The van der Waals surface area contributed by atoms with Crippen molar-refractivity contribution in [1.82, 2.24) is 29.5 Å². The Morgan fingerprint density at radius 1 is 1.06 bits per heavy atom. The summed E-state index contributed by atoms with van der Waals surface area (Å²) in [5, 5.41) is 5.91. The van der Waals surface area contributed by atoms with Gasteiger partial charge in [0.05, 0.1) is 17.5 Å². The first-order valence-electron chi connectivity index (χ1n) is 10.8. The van der Waals surface area contributed by atoms with Crippen molar-refractivity contribution in [2.75, 3.05) is 0 Å². The van der Waals surface area contributed by atoms with E-state index in [1.54, 1.807) is 4.52 Å². The van der Waals surface area contributed by atoms with Crippen LogP contribution in [0, 0.1) is 13.8 Å². The lowest BCUT2D eigenvalue weighted by atomic mass is 10.0. The van der Waals surface area contributed by atoms with Gasteiger partial charge in [-0.25, -0.2) is 14.5 Å². The number of amides is 1. The van der Waals surface area contributed by atoms with Crippen molar-refractivity contribution < 1.29 is 4.79 Å². The van der Waals surface area contributed by atoms with E-state index in [1.807, 2.05) is 80.1 Å². The minimum Gasteiger partial charge on any atom is -0.342 e. The van der Waals surface area contributed by atoms with Crippen LogP contribution in [0.4, 0.5) is 0 Å². The Kier molecular flexibility index (Phi) is 5.05. The van der Waals surface area contributed by atoms with E-state index in [9.17, 15) is 9.59 Å². The highest BCUT2D eigenvalue weighted by Gasteiger charge is 2.24. The van der Waals surface area contributed by atoms with E-state index in [2.05, 4.69) is 15.4 Å². The van der Waals surface area contributed by atoms with Crippen molar-refractivity contribution >= 4 is 22.6 Å². The molecule has 166 valence electrons. The minimum absolute atomic E-state index is 0.133. The summed E-state index contributed by atoms with van der Waals surface area (Å²) in [6.07, 6.45) is 0.133. The fourth-order valence-corrected chi connectivity index (χ4v) is 4.35. The number of para-hydroxylation sites is 2. The highest BCUT2D eigenvalue weighted by Crippen LogP contribution is 2.25. The van der Waals surface area contributed by atoms with Crippen molar-refractivity contribution in [3.05, 3.63) is 99.4 Å². The van der Waals surface area contributed by atoms with Gasteiger partial charge in [0, 0.05) is 30.1 Å². The van der Waals surface area contributed by atoms with E-state index in [4.69, 9.17) is 4.98 Å². The van der Waals surface area contributed by atoms with Gasteiger partial charge in [0.15, 0.2) is 5.65 Å². The molecule has 5 aromatic rings. The van der Waals surface area contributed by atoms with Crippen molar-refractivity contribution in [2.45, 2.75) is 26.3 Å². The number of H-pyrrole nitrogens is 1. The van der Waals surface area contributed by atoms with Crippen LogP contribution in [0.5, 0.6) is 0 Å². The number of aromatic nitrogens is 5. The van der Waals surface area contributed by atoms with Crippen molar-refractivity contribution in [3.63, 3.8) is 0 Å². The topological polar surface area (TPSA) is 97.1 Å². The van der Waals surface area contributed by atoms with Crippen molar-refractivity contribution in [3.8, 4) is 0 Å². The molecule has 0 saturated carbocycles. The van der Waals surface area contributed by atoms with E-state index in [0.717, 1.165) is 39.4 Å². The molecule has 3 aromatic heterocycles. The number of benzene rings is 2. The Balaban J connectivity index is 1.51. The molecule has 8 heteroatoms. The third kappa shape index (κ3) is 3.69. The fourth-order valence-electron chi connectivity index (χ4n) is 4.35. The van der Waals surface area contributed by atoms with Crippen LogP contribution < -0.4 is 10.9 Å². The van der Waals surface area contributed by atoms with E-state index in [-0.39, 0.29) is 17.9 Å². The lowest BCUT2D eigenvalue weighted by Gasteiger charge is -2.20. The second-order valence-electron chi connectivity index (χ2n) is 8.18. The number of aromatic amines is 1. The molecule has 0 spiro atoms. The lowest BCUT2D eigenvalue weighted by Crippen LogP contribution is -2.32. The predicted molar refractivity (Wildman–Crippen MR) is 126 cm³/mol. The molecule has 0 radical (unpaired) electrons. The Morgan fingerprint density at radius 2 is 1.79 bits per heavy atom.